The highest BCUT2D eigenvalue weighted by molar-refractivity contribution is 5.94. The summed E-state index contributed by atoms with van der Waals surface area (Å²) in [5.41, 5.74) is 6.82. The zero-order valence-corrected chi connectivity index (χ0v) is 24.3. The van der Waals surface area contributed by atoms with E-state index in [0.29, 0.717) is 29.6 Å². The van der Waals surface area contributed by atoms with Crippen LogP contribution in [-0.2, 0) is 23.7 Å². The summed E-state index contributed by atoms with van der Waals surface area (Å²) in [6, 6.07) is 0. The summed E-state index contributed by atoms with van der Waals surface area (Å²) in [5, 5.41) is 35.7. The molecule has 0 saturated carbocycles. The zero-order chi connectivity index (χ0) is 30.1. The average Bonchev–Trinajstić information content (AvgIpc) is 2.90. The molecule has 0 aromatic rings. The first kappa shape index (κ1) is 33.2. The first-order valence-electron chi connectivity index (χ1n) is 13.2. The maximum absolute atomic E-state index is 12.9. The summed E-state index contributed by atoms with van der Waals surface area (Å²) in [6.45, 7) is 7.09. The Morgan fingerprint density at radius 3 is 2.33 bits per heavy atom. The predicted molar refractivity (Wildman–Crippen MR) is 149 cm³/mol. The topological polar surface area (TPSA) is 170 Å². The summed E-state index contributed by atoms with van der Waals surface area (Å²) in [6.07, 6.45) is 2.07. The van der Waals surface area contributed by atoms with Crippen molar-refractivity contribution in [1.82, 2.24) is 5.32 Å². The van der Waals surface area contributed by atoms with Gasteiger partial charge in [-0.2, -0.15) is 0 Å². The number of aliphatic hydroxyl groups excluding tert-OH is 3. The summed E-state index contributed by atoms with van der Waals surface area (Å²) < 4.78 is 22.0. The second kappa shape index (κ2) is 15.2. The minimum Gasteiger partial charge on any atom is -0.498 e. The smallest absolute Gasteiger partial charge is 0.405 e. The van der Waals surface area contributed by atoms with Crippen molar-refractivity contribution in [2.45, 2.75) is 77.2 Å². The van der Waals surface area contributed by atoms with E-state index in [1.165, 1.54) is 33.5 Å². The monoisotopic (exact) mass is 564 g/mol. The molecule has 8 atom stereocenters. The normalized spacial score (nSPS) is 36.4. The molecule has 0 spiro atoms. The third kappa shape index (κ3) is 8.52. The van der Waals surface area contributed by atoms with Crippen molar-refractivity contribution >= 4 is 12.0 Å². The highest BCUT2D eigenvalue weighted by atomic mass is 16.6. The maximum atomic E-state index is 12.9. The van der Waals surface area contributed by atoms with E-state index in [4.69, 9.17) is 24.7 Å². The molecule has 0 saturated heterocycles. The zero-order valence-electron chi connectivity index (χ0n) is 24.3. The molecule has 0 aromatic carbocycles. The molecule has 0 fully saturated rings. The Labute approximate surface area is 236 Å². The number of allylic oxidation sites excluding steroid dienone is 2. The van der Waals surface area contributed by atoms with E-state index >= 15 is 0 Å². The Balaban J connectivity index is 2.58. The van der Waals surface area contributed by atoms with Crippen molar-refractivity contribution in [2.75, 3.05) is 21.3 Å². The molecule has 2 amide bonds. The number of aliphatic hydroxyl groups is 3. The van der Waals surface area contributed by atoms with Crippen LogP contribution in [-0.4, -0.2) is 85.3 Å². The van der Waals surface area contributed by atoms with Gasteiger partial charge in [-0.25, -0.2) is 4.79 Å². The number of nitrogens with one attached hydrogen (secondary N) is 1. The van der Waals surface area contributed by atoms with E-state index in [-0.39, 0.29) is 17.4 Å². The van der Waals surface area contributed by atoms with Gasteiger partial charge in [0.25, 0.3) is 5.91 Å². The highest BCUT2D eigenvalue weighted by Crippen LogP contribution is 2.32. The molecule has 1 aliphatic heterocycles. The molecule has 1 heterocycles. The predicted octanol–water partition coefficient (Wildman–Crippen LogP) is 1.99. The van der Waals surface area contributed by atoms with Crippen molar-refractivity contribution in [2.24, 2.45) is 17.6 Å². The summed E-state index contributed by atoms with van der Waals surface area (Å²) in [7, 11) is 4.37. The molecule has 40 heavy (non-hydrogen) atoms. The molecule has 2 aliphatic rings. The van der Waals surface area contributed by atoms with Gasteiger partial charge in [0.1, 0.15) is 24.1 Å². The van der Waals surface area contributed by atoms with Crippen LogP contribution in [0.3, 0.4) is 0 Å². The molecule has 2 rings (SSSR count). The highest BCUT2D eigenvalue weighted by Gasteiger charge is 2.34. The van der Waals surface area contributed by atoms with Crippen molar-refractivity contribution in [3.05, 3.63) is 58.6 Å². The summed E-state index contributed by atoms with van der Waals surface area (Å²) in [5.74, 6) is -0.801. The van der Waals surface area contributed by atoms with Gasteiger partial charge in [-0.15, -0.1) is 0 Å². The van der Waals surface area contributed by atoms with Gasteiger partial charge in [0, 0.05) is 31.3 Å². The molecule has 1 aliphatic carbocycles. The van der Waals surface area contributed by atoms with Gasteiger partial charge >= 0.3 is 6.09 Å². The van der Waals surface area contributed by atoms with E-state index in [1.807, 2.05) is 13.8 Å². The van der Waals surface area contributed by atoms with Gasteiger partial charge in [0.2, 0.25) is 0 Å². The number of hydrogen-bond donors (Lipinski definition) is 5. The number of ether oxygens (including phenoxy) is 4. The quantitative estimate of drug-likeness (QED) is 0.321. The number of nitrogens with two attached hydrogens (primary N) is 1. The van der Waals surface area contributed by atoms with Crippen LogP contribution in [0.15, 0.2) is 58.6 Å². The minimum atomic E-state index is -1.21. The molecule has 6 N–H and O–H groups in total. The number of amides is 2. The van der Waals surface area contributed by atoms with E-state index in [0.717, 1.165) is 0 Å². The molecule has 224 valence electrons. The largest absolute Gasteiger partial charge is 0.498 e. The Morgan fingerprint density at radius 1 is 1.07 bits per heavy atom. The molecule has 2 unspecified atom stereocenters. The second-order valence-electron chi connectivity index (χ2n) is 10.4. The number of primary amides is 1. The molecule has 2 bridgehead atoms. The van der Waals surface area contributed by atoms with E-state index in [9.17, 15) is 24.9 Å². The lowest BCUT2D eigenvalue weighted by Crippen LogP contribution is -2.38. The Kier molecular flexibility index (Phi) is 12.6. The molecule has 11 nitrogen and oxygen atoms in total. The fraction of sp³-hybridized carbons (Fsp3) is 0.586. The number of methoxy groups -OCH3 is 3. The summed E-state index contributed by atoms with van der Waals surface area (Å²) in [4.78, 5) is 24.6. The van der Waals surface area contributed by atoms with Gasteiger partial charge in [0.15, 0.2) is 6.10 Å². The van der Waals surface area contributed by atoms with Crippen LogP contribution < -0.4 is 11.1 Å². The van der Waals surface area contributed by atoms with Crippen LogP contribution in [0, 0.1) is 11.8 Å². The summed E-state index contributed by atoms with van der Waals surface area (Å²) >= 11 is 0. The first-order chi connectivity index (χ1) is 18.8. The van der Waals surface area contributed by atoms with Gasteiger partial charge in [0.05, 0.1) is 25.0 Å². The minimum absolute atomic E-state index is 0.120. The Hall–Kier alpha value is -2.96. The van der Waals surface area contributed by atoms with Crippen LogP contribution in [0.1, 0.15) is 40.5 Å². The van der Waals surface area contributed by atoms with E-state index in [1.54, 1.807) is 32.1 Å². The number of rotatable bonds is 4. The number of carbonyl (C=O) groups excluding carboxylic acids is 2. The SMILES string of the molecule is COC1=C2C[C@@H](C)C[C@H](OC)[C@H](O)[C@@H](C)/C=C(\C)[C@H](OC(N)=O)[C@@H](OC)/C=C\C=C(/C)C(=O)NC(=CC1O)C2O. The van der Waals surface area contributed by atoms with Gasteiger partial charge in [-0.3, -0.25) is 4.79 Å². The van der Waals surface area contributed by atoms with Gasteiger partial charge < -0.3 is 45.3 Å². The second-order valence-corrected chi connectivity index (χ2v) is 10.4. The first-order valence-corrected chi connectivity index (χ1v) is 13.2. The number of fused-ring (bicyclic) bond motifs is 2. The van der Waals surface area contributed by atoms with Crippen molar-refractivity contribution in [1.29, 1.82) is 0 Å². The molecular weight excluding hydrogens is 520 g/mol. The molecular formula is C29H44N2O9. The fourth-order valence-corrected chi connectivity index (χ4v) is 5.06. The number of hydrogen-bond acceptors (Lipinski definition) is 9. The van der Waals surface area contributed by atoms with E-state index in [2.05, 4.69) is 5.32 Å². The van der Waals surface area contributed by atoms with E-state index < -0.39 is 54.5 Å². The third-order valence-corrected chi connectivity index (χ3v) is 7.24. The molecule has 0 aromatic heterocycles. The lowest BCUT2D eigenvalue weighted by Gasteiger charge is -2.32. The number of carbonyl (C=O) groups is 2. The van der Waals surface area contributed by atoms with Gasteiger partial charge in [-0.1, -0.05) is 38.2 Å². The van der Waals surface area contributed by atoms with Crippen LogP contribution in [0.5, 0.6) is 0 Å². The van der Waals surface area contributed by atoms with Crippen LogP contribution in [0.4, 0.5) is 4.79 Å². The Bertz CT molecular complexity index is 1060. The lowest BCUT2D eigenvalue weighted by atomic mass is 9.84. The average molecular weight is 565 g/mol. The maximum Gasteiger partial charge on any atom is 0.405 e. The lowest BCUT2D eigenvalue weighted by molar-refractivity contribution is -0.117. The van der Waals surface area contributed by atoms with Crippen LogP contribution in [0.2, 0.25) is 0 Å². The fourth-order valence-electron chi connectivity index (χ4n) is 5.06. The van der Waals surface area contributed by atoms with Crippen LogP contribution in [0.25, 0.3) is 0 Å². The van der Waals surface area contributed by atoms with Crippen LogP contribution >= 0.6 is 0 Å². The van der Waals surface area contributed by atoms with Crippen molar-refractivity contribution in [3.63, 3.8) is 0 Å². The molecule has 11 heteroatoms. The standard InChI is InChI=1S/C29H44N2O9/c1-15-11-19-25(34)20(14-21(32)27(19)39-7)31-28(35)16(2)9-8-10-22(37-5)26(40-29(30)36)18(4)13-17(3)24(33)23(12-15)38-6/h8-10,13-15,17,21-26,32-34H,11-12H2,1-7H3,(H2,30,36)(H,31,35)/b10-8-,16-9+,18-13+/t15-,17+,21?,22+,23+,24-,25?,26+/m1/s1. The van der Waals surface area contributed by atoms with Crippen molar-refractivity contribution < 1.29 is 43.9 Å². The Morgan fingerprint density at radius 2 is 1.75 bits per heavy atom. The molecule has 0 radical (unpaired) electrons. The van der Waals surface area contributed by atoms with Crippen molar-refractivity contribution in [3.8, 4) is 0 Å². The third-order valence-electron chi connectivity index (χ3n) is 7.24. The van der Waals surface area contributed by atoms with Gasteiger partial charge in [-0.05, 0) is 44.3 Å².